The Bertz CT molecular complexity index is 462. The van der Waals surface area contributed by atoms with Crippen LogP contribution in [0.15, 0.2) is 24.8 Å². The molecule has 2 aromatic heterocycles. The van der Waals surface area contributed by atoms with Crippen LogP contribution in [0.25, 0.3) is 0 Å². The molecule has 0 unspecified atom stereocenters. The van der Waals surface area contributed by atoms with E-state index in [-0.39, 0.29) is 6.61 Å². The average Bonchev–Trinajstić information content (AvgIpc) is 2.90. The summed E-state index contributed by atoms with van der Waals surface area (Å²) in [5, 5.41) is 16.2. The first kappa shape index (κ1) is 11.8. The zero-order valence-electron chi connectivity index (χ0n) is 9.87. The molecule has 0 saturated carbocycles. The molecule has 2 aromatic rings. The Morgan fingerprint density at radius 1 is 1.41 bits per heavy atom. The van der Waals surface area contributed by atoms with Crippen LogP contribution < -0.4 is 5.32 Å². The first-order valence-electron chi connectivity index (χ1n) is 5.58. The van der Waals surface area contributed by atoms with Gasteiger partial charge in [-0.3, -0.25) is 4.68 Å². The summed E-state index contributed by atoms with van der Waals surface area (Å²) < 4.78 is 3.72. The van der Waals surface area contributed by atoms with Crippen molar-refractivity contribution in [2.45, 2.75) is 19.6 Å². The van der Waals surface area contributed by atoms with Crippen LogP contribution in [0.4, 0.5) is 0 Å². The molecule has 2 heterocycles. The van der Waals surface area contributed by atoms with Crippen molar-refractivity contribution in [2.24, 2.45) is 7.05 Å². The van der Waals surface area contributed by atoms with Crippen molar-refractivity contribution in [3.05, 3.63) is 36.2 Å². The van der Waals surface area contributed by atoms with Crippen LogP contribution in [-0.4, -0.2) is 31.0 Å². The van der Waals surface area contributed by atoms with Crippen LogP contribution in [0.2, 0.25) is 0 Å². The molecule has 0 aromatic carbocycles. The summed E-state index contributed by atoms with van der Waals surface area (Å²) in [6, 6.07) is 0. The lowest BCUT2D eigenvalue weighted by molar-refractivity contribution is 0.269. The number of hydrogen-bond acceptors (Lipinski definition) is 4. The number of rotatable bonds is 6. The molecule has 0 amide bonds. The number of nitrogens with zero attached hydrogens (tertiary/aromatic N) is 4. The van der Waals surface area contributed by atoms with Gasteiger partial charge in [-0.05, 0) is 0 Å². The summed E-state index contributed by atoms with van der Waals surface area (Å²) in [7, 11) is 1.98. The highest BCUT2D eigenvalue weighted by atomic mass is 16.3. The van der Waals surface area contributed by atoms with Gasteiger partial charge in [0.05, 0.1) is 25.9 Å². The monoisotopic (exact) mass is 235 g/mol. The standard InChI is InChI=1S/C11H17N5O/c1-15-3-2-13-11(15)8-12-6-10-7-14-16(9-10)4-5-17/h2-3,7,9,12,17H,4-6,8H2,1H3. The molecular weight excluding hydrogens is 218 g/mol. The van der Waals surface area contributed by atoms with Crippen molar-refractivity contribution in [3.8, 4) is 0 Å². The quantitative estimate of drug-likeness (QED) is 0.733. The molecule has 2 rings (SSSR count). The normalized spacial score (nSPS) is 10.9. The van der Waals surface area contributed by atoms with Gasteiger partial charge in [-0.2, -0.15) is 5.10 Å². The van der Waals surface area contributed by atoms with E-state index >= 15 is 0 Å². The maximum atomic E-state index is 8.77. The molecule has 0 bridgehead atoms. The summed E-state index contributed by atoms with van der Waals surface area (Å²) in [6.45, 7) is 2.13. The van der Waals surface area contributed by atoms with Crippen molar-refractivity contribution in [1.29, 1.82) is 0 Å². The molecule has 6 nitrogen and oxygen atoms in total. The molecule has 0 radical (unpaired) electrons. The molecule has 92 valence electrons. The molecular formula is C11H17N5O. The first-order chi connectivity index (χ1) is 8.29. The number of aryl methyl sites for hydroxylation is 1. The van der Waals surface area contributed by atoms with E-state index in [0.717, 1.165) is 24.5 Å². The van der Waals surface area contributed by atoms with E-state index in [4.69, 9.17) is 5.11 Å². The van der Waals surface area contributed by atoms with E-state index in [1.54, 1.807) is 17.1 Å². The van der Waals surface area contributed by atoms with E-state index < -0.39 is 0 Å². The maximum Gasteiger partial charge on any atom is 0.122 e. The Hall–Kier alpha value is -1.66. The van der Waals surface area contributed by atoms with E-state index in [9.17, 15) is 0 Å². The van der Waals surface area contributed by atoms with E-state index in [2.05, 4.69) is 15.4 Å². The number of hydrogen-bond donors (Lipinski definition) is 2. The molecule has 17 heavy (non-hydrogen) atoms. The van der Waals surface area contributed by atoms with Gasteiger partial charge < -0.3 is 15.0 Å². The van der Waals surface area contributed by atoms with Crippen molar-refractivity contribution >= 4 is 0 Å². The summed E-state index contributed by atoms with van der Waals surface area (Å²) >= 11 is 0. The highest BCUT2D eigenvalue weighted by Gasteiger charge is 2.00. The zero-order chi connectivity index (χ0) is 12.1. The lowest BCUT2D eigenvalue weighted by Gasteiger charge is -2.03. The fraction of sp³-hybridized carbons (Fsp3) is 0.455. The van der Waals surface area contributed by atoms with Gasteiger partial charge in [-0.15, -0.1) is 0 Å². The molecule has 0 saturated heterocycles. The van der Waals surface area contributed by atoms with Crippen LogP contribution in [-0.2, 0) is 26.7 Å². The van der Waals surface area contributed by atoms with Crippen molar-refractivity contribution < 1.29 is 5.11 Å². The third-order valence-corrected chi connectivity index (χ3v) is 2.55. The van der Waals surface area contributed by atoms with Gasteiger partial charge in [-0.25, -0.2) is 4.98 Å². The van der Waals surface area contributed by atoms with Crippen molar-refractivity contribution in [1.82, 2.24) is 24.6 Å². The highest BCUT2D eigenvalue weighted by Crippen LogP contribution is 1.99. The van der Waals surface area contributed by atoms with E-state index in [1.165, 1.54) is 0 Å². The van der Waals surface area contributed by atoms with Crippen molar-refractivity contribution in [2.75, 3.05) is 6.61 Å². The molecule has 0 aliphatic heterocycles. The minimum Gasteiger partial charge on any atom is -0.394 e. The number of aliphatic hydroxyl groups is 1. The largest absolute Gasteiger partial charge is 0.394 e. The lowest BCUT2D eigenvalue weighted by atomic mass is 10.3. The summed E-state index contributed by atoms with van der Waals surface area (Å²) in [5.41, 5.74) is 1.10. The van der Waals surface area contributed by atoms with Crippen LogP contribution in [0, 0.1) is 0 Å². The molecule has 0 atom stereocenters. The van der Waals surface area contributed by atoms with E-state index in [0.29, 0.717) is 6.54 Å². The summed E-state index contributed by atoms with van der Waals surface area (Å²) in [4.78, 5) is 4.23. The molecule has 2 N–H and O–H groups in total. The van der Waals surface area contributed by atoms with E-state index in [1.807, 2.05) is 24.0 Å². The minimum absolute atomic E-state index is 0.113. The Balaban J connectivity index is 1.80. The Morgan fingerprint density at radius 3 is 3.00 bits per heavy atom. The van der Waals surface area contributed by atoms with Gasteiger partial charge in [0.15, 0.2) is 0 Å². The number of imidazole rings is 1. The number of nitrogens with one attached hydrogen (secondary N) is 1. The zero-order valence-corrected chi connectivity index (χ0v) is 9.87. The Labute approximate surface area is 99.9 Å². The fourth-order valence-corrected chi connectivity index (χ4v) is 1.61. The SMILES string of the molecule is Cn1ccnc1CNCc1cnn(CCO)c1. The lowest BCUT2D eigenvalue weighted by Crippen LogP contribution is -2.15. The number of aliphatic hydroxyl groups excluding tert-OH is 1. The Kier molecular flexibility index (Phi) is 3.89. The smallest absolute Gasteiger partial charge is 0.122 e. The fourth-order valence-electron chi connectivity index (χ4n) is 1.61. The second kappa shape index (κ2) is 5.60. The second-order valence-corrected chi connectivity index (χ2v) is 3.89. The van der Waals surface area contributed by atoms with Gasteiger partial charge in [0.1, 0.15) is 5.82 Å². The van der Waals surface area contributed by atoms with Gasteiger partial charge in [0.2, 0.25) is 0 Å². The van der Waals surface area contributed by atoms with Gasteiger partial charge >= 0.3 is 0 Å². The molecule has 6 heteroatoms. The second-order valence-electron chi connectivity index (χ2n) is 3.89. The predicted octanol–water partition coefficient (Wildman–Crippen LogP) is -0.101. The van der Waals surface area contributed by atoms with Gasteiger partial charge in [0.25, 0.3) is 0 Å². The first-order valence-corrected chi connectivity index (χ1v) is 5.58. The summed E-state index contributed by atoms with van der Waals surface area (Å²) in [6.07, 6.45) is 7.45. The topological polar surface area (TPSA) is 67.9 Å². The van der Waals surface area contributed by atoms with Crippen LogP contribution in [0.3, 0.4) is 0 Å². The third kappa shape index (κ3) is 3.15. The number of aromatic nitrogens is 4. The van der Waals surface area contributed by atoms with Crippen LogP contribution in [0.1, 0.15) is 11.4 Å². The third-order valence-electron chi connectivity index (χ3n) is 2.55. The molecule has 0 spiro atoms. The molecule has 0 aliphatic rings. The van der Waals surface area contributed by atoms with Crippen LogP contribution >= 0.6 is 0 Å². The molecule has 0 aliphatic carbocycles. The highest BCUT2D eigenvalue weighted by molar-refractivity contribution is 5.03. The average molecular weight is 235 g/mol. The minimum atomic E-state index is 0.113. The maximum absolute atomic E-state index is 8.77. The van der Waals surface area contributed by atoms with Gasteiger partial charge in [0, 0.05) is 37.7 Å². The van der Waals surface area contributed by atoms with Crippen molar-refractivity contribution in [3.63, 3.8) is 0 Å². The summed E-state index contributed by atoms with van der Waals surface area (Å²) in [5.74, 6) is 1.01. The van der Waals surface area contributed by atoms with Crippen LogP contribution in [0.5, 0.6) is 0 Å². The predicted molar refractivity (Wildman–Crippen MR) is 63.1 cm³/mol. The van der Waals surface area contributed by atoms with Gasteiger partial charge in [-0.1, -0.05) is 0 Å². The molecule has 0 fully saturated rings. The Morgan fingerprint density at radius 2 is 2.29 bits per heavy atom.